The Morgan fingerprint density at radius 1 is 1.03 bits per heavy atom. The first-order chi connectivity index (χ1) is 17.2. The van der Waals surface area contributed by atoms with E-state index in [0.717, 1.165) is 13.1 Å². The second kappa shape index (κ2) is 9.06. The largest absolute Gasteiger partial charge is 0.497 e. The van der Waals surface area contributed by atoms with Gasteiger partial charge in [-0.05, 0) is 87.3 Å². The van der Waals surface area contributed by atoms with Gasteiger partial charge in [-0.25, -0.2) is 13.9 Å². The fourth-order valence-corrected chi connectivity index (χ4v) is 7.78. The van der Waals surface area contributed by atoms with E-state index in [-0.39, 0.29) is 29.8 Å². The molecule has 0 aliphatic carbocycles. The summed E-state index contributed by atoms with van der Waals surface area (Å²) in [6.45, 7) is 1.18. The Morgan fingerprint density at radius 2 is 1.61 bits per heavy atom. The summed E-state index contributed by atoms with van der Waals surface area (Å²) in [6.07, 6.45) is 1.84. The summed E-state index contributed by atoms with van der Waals surface area (Å²) in [5.41, 5.74) is 1.05. The minimum Gasteiger partial charge on any atom is -0.497 e. The maximum absolute atomic E-state index is 13.8. The van der Waals surface area contributed by atoms with E-state index in [2.05, 4.69) is 5.32 Å². The highest BCUT2D eigenvalue weighted by molar-refractivity contribution is 7.93. The highest BCUT2D eigenvalue weighted by Gasteiger charge is 2.65. The first kappa shape index (κ1) is 24.5. The van der Waals surface area contributed by atoms with Crippen LogP contribution in [0.4, 0.5) is 0 Å². The van der Waals surface area contributed by atoms with Crippen molar-refractivity contribution in [3.63, 3.8) is 0 Å². The third kappa shape index (κ3) is 3.82. The van der Waals surface area contributed by atoms with Crippen LogP contribution in [0.1, 0.15) is 25.7 Å². The van der Waals surface area contributed by atoms with Crippen molar-refractivity contribution in [3.05, 3.63) is 48.5 Å². The molecule has 2 amide bonds. The van der Waals surface area contributed by atoms with Crippen molar-refractivity contribution >= 4 is 21.7 Å². The van der Waals surface area contributed by atoms with E-state index < -0.39 is 25.9 Å². The zero-order chi connectivity index (χ0) is 25.6. The number of nitrogens with zero attached hydrogens (tertiary/aromatic N) is 1. The van der Waals surface area contributed by atoms with E-state index in [1.807, 2.05) is 0 Å². The summed E-state index contributed by atoms with van der Waals surface area (Å²) < 4.78 is 36.6. The number of nitrogens with one attached hydrogen (secondary N) is 2. The minimum atomic E-state index is -4.27. The highest BCUT2D eigenvalue weighted by Crippen LogP contribution is 2.51. The number of carbonyl (C=O) groups excluding carboxylic acids is 2. The zero-order valence-corrected chi connectivity index (χ0v) is 20.7. The summed E-state index contributed by atoms with van der Waals surface area (Å²) in [4.78, 5) is 27.7. The van der Waals surface area contributed by atoms with E-state index in [1.165, 1.54) is 24.3 Å². The number of rotatable bonds is 6. The summed E-state index contributed by atoms with van der Waals surface area (Å²) in [6, 6.07) is 12.3. The van der Waals surface area contributed by atoms with Gasteiger partial charge >= 0.3 is 0 Å². The van der Waals surface area contributed by atoms with Crippen molar-refractivity contribution in [2.24, 2.45) is 5.41 Å². The lowest BCUT2D eigenvalue weighted by atomic mass is 9.75. The lowest BCUT2D eigenvalue weighted by Crippen LogP contribution is -2.55. The number of methoxy groups -OCH3 is 1. The maximum atomic E-state index is 13.8. The number of carbonyl (C=O) groups is 2. The number of ether oxygens (including phenoxy) is 2. The van der Waals surface area contributed by atoms with Crippen LogP contribution in [0.2, 0.25) is 0 Å². The van der Waals surface area contributed by atoms with Gasteiger partial charge in [0.1, 0.15) is 17.2 Å². The Morgan fingerprint density at radius 3 is 2.17 bits per heavy atom. The molecule has 0 radical (unpaired) electrons. The van der Waals surface area contributed by atoms with Crippen LogP contribution in [0.5, 0.6) is 17.2 Å². The first-order valence-electron chi connectivity index (χ1n) is 11.9. The quantitative estimate of drug-likeness (QED) is 0.392. The topological polar surface area (TPSA) is 134 Å². The van der Waals surface area contributed by atoms with Gasteiger partial charge in [0.2, 0.25) is 5.91 Å². The lowest BCUT2D eigenvalue weighted by molar-refractivity contribution is -0.138. The average Bonchev–Trinajstić information content (AvgIpc) is 3.39. The molecule has 11 heteroatoms. The Bertz CT molecular complexity index is 1260. The summed E-state index contributed by atoms with van der Waals surface area (Å²) in [5.74, 6) is 0.514. The number of amides is 2. The maximum Gasteiger partial charge on any atom is 0.267 e. The molecule has 3 aliphatic rings. The summed E-state index contributed by atoms with van der Waals surface area (Å²) in [5, 5.41) is 12.7. The molecule has 2 aromatic carbocycles. The molecular weight excluding hydrogens is 486 g/mol. The molecule has 0 saturated carbocycles. The number of piperidine rings is 1. The van der Waals surface area contributed by atoms with Crippen LogP contribution >= 0.6 is 0 Å². The number of benzene rings is 2. The predicted octanol–water partition coefficient (Wildman–Crippen LogP) is 1.88. The molecule has 192 valence electrons. The zero-order valence-electron chi connectivity index (χ0n) is 19.9. The Labute approximate surface area is 209 Å². The Kier molecular flexibility index (Phi) is 6.17. The number of hydroxylamine groups is 1. The van der Waals surface area contributed by atoms with Crippen molar-refractivity contribution in [2.75, 3.05) is 26.7 Å². The van der Waals surface area contributed by atoms with E-state index in [1.54, 1.807) is 41.8 Å². The van der Waals surface area contributed by atoms with Crippen LogP contribution in [-0.4, -0.2) is 67.9 Å². The Balaban J connectivity index is 1.40. The first-order valence-corrected chi connectivity index (χ1v) is 13.4. The van der Waals surface area contributed by atoms with E-state index >= 15 is 0 Å². The highest BCUT2D eigenvalue weighted by atomic mass is 32.2. The van der Waals surface area contributed by atoms with Crippen LogP contribution in [-0.2, 0) is 19.4 Å². The molecule has 3 N–H and O–H groups in total. The number of hydrogen-bond acceptors (Lipinski definition) is 8. The van der Waals surface area contributed by atoms with Crippen LogP contribution in [0, 0.1) is 5.41 Å². The molecule has 2 aromatic rings. The van der Waals surface area contributed by atoms with Gasteiger partial charge < -0.3 is 19.7 Å². The number of fused-ring (bicyclic) bond motifs is 1. The van der Waals surface area contributed by atoms with E-state index in [0.29, 0.717) is 36.5 Å². The van der Waals surface area contributed by atoms with Crippen molar-refractivity contribution in [1.29, 1.82) is 0 Å². The smallest absolute Gasteiger partial charge is 0.267 e. The second-order valence-electron chi connectivity index (χ2n) is 9.71. The molecule has 1 spiro atoms. The van der Waals surface area contributed by atoms with Crippen LogP contribution in [0.15, 0.2) is 53.4 Å². The number of sulfone groups is 1. The molecule has 0 bridgehead atoms. The SMILES string of the molecule is COc1ccc(Oc2ccc(S(=O)(=O)C3(C(=O)NO)CC4CC5(CCNCC5)C(=O)N4C3)cc2)cc1. The monoisotopic (exact) mass is 515 g/mol. The van der Waals surface area contributed by atoms with Gasteiger partial charge in [0.05, 0.1) is 24.0 Å². The summed E-state index contributed by atoms with van der Waals surface area (Å²) in [7, 11) is -2.70. The molecule has 3 fully saturated rings. The fraction of sp³-hybridized carbons (Fsp3) is 0.440. The molecule has 0 aromatic heterocycles. The van der Waals surface area contributed by atoms with Gasteiger partial charge in [0, 0.05) is 6.04 Å². The molecule has 3 saturated heterocycles. The normalized spacial score (nSPS) is 25.0. The minimum absolute atomic E-state index is 0.0628. The van der Waals surface area contributed by atoms with Crippen LogP contribution in [0.3, 0.4) is 0 Å². The fourth-order valence-electron chi connectivity index (χ4n) is 5.82. The van der Waals surface area contributed by atoms with Gasteiger partial charge in [0.25, 0.3) is 5.91 Å². The van der Waals surface area contributed by atoms with Gasteiger partial charge in [0.15, 0.2) is 14.6 Å². The van der Waals surface area contributed by atoms with Gasteiger partial charge in [-0.3, -0.25) is 14.8 Å². The van der Waals surface area contributed by atoms with Crippen molar-refractivity contribution < 1.29 is 32.7 Å². The molecule has 10 nitrogen and oxygen atoms in total. The summed E-state index contributed by atoms with van der Waals surface area (Å²) >= 11 is 0. The molecule has 36 heavy (non-hydrogen) atoms. The van der Waals surface area contributed by atoms with Crippen molar-refractivity contribution in [1.82, 2.24) is 15.7 Å². The predicted molar refractivity (Wildman–Crippen MR) is 129 cm³/mol. The molecular formula is C25H29N3O7S. The van der Waals surface area contributed by atoms with Gasteiger partial charge in [-0.15, -0.1) is 0 Å². The van der Waals surface area contributed by atoms with Crippen LogP contribution < -0.4 is 20.3 Å². The standard InChI is InChI=1S/C25H29N3O7S/c1-34-18-2-4-19(5-3-18)35-20-6-8-21(9-7-20)36(32,33)25(22(29)27-31)15-17-14-24(10-12-26-13-11-24)23(30)28(17)16-25/h2-9,17,26,31H,10-16H2,1H3,(H,27,29). The third-order valence-corrected chi connectivity index (χ3v) is 10.2. The van der Waals surface area contributed by atoms with Crippen LogP contribution in [0.25, 0.3) is 0 Å². The Hall–Kier alpha value is -3.15. The van der Waals surface area contributed by atoms with Crippen molar-refractivity contribution in [3.8, 4) is 17.2 Å². The molecule has 2 atom stereocenters. The molecule has 5 rings (SSSR count). The average molecular weight is 516 g/mol. The molecule has 3 aliphatic heterocycles. The second-order valence-corrected chi connectivity index (χ2v) is 12.0. The van der Waals surface area contributed by atoms with Crippen molar-refractivity contribution in [2.45, 2.75) is 41.4 Å². The number of hydrogen-bond donors (Lipinski definition) is 3. The van der Waals surface area contributed by atoms with E-state index in [4.69, 9.17) is 9.47 Å². The lowest BCUT2D eigenvalue weighted by Gasteiger charge is -2.34. The molecule has 3 heterocycles. The molecule has 2 unspecified atom stereocenters. The van der Waals surface area contributed by atoms with Gasteiger partial charge in [-0.2, -0.15) is 0 Å². The third-order valence-electron chi connectivity index (χ3n) is 7.79. The van der Waals surface area contributed by atoms with E-state index in [9.17, 15) is 23.2 Å². The van der Waals surface area contributed by atoms with Gasteiger partial charge in [-0.1, -0.05) is 0 Å².